The van der Waals surface area contributed by atoms with Crippen LogP contribution < -0.4 is 14.8 Å². The molecule has 1 fully saturated rings. The van der Waals surface area contributed by atoms with Gasteiger partial charge in [0.2, 0.25) is 11.8 Å². The summed E-state index contributed by atoms with van der Waals surface area (Å²) in [5.41, 5.74) is 0.883. The van der Waals surface area contributed by atoms with Crippen molar-refractivity contribution in [1.82, 2.24) is 15.3 Å². The average Bonchev–Trinajstić information content (AvgIpc) is 2.33. The zero-order valence-electron chi connectivity index (χ0n) is 11.3. The third kappa shape index (κ3) is 2.72. The number of nitrogens with zero attached hydrogens (tertiary/aromatic N) is 2. The van der Waals surface area contributed by atoms with Gasteiger partial charge in [-0.1, -0.05) is 6.42 Å². The van der Waals surface area contributed by atoms with E-state index in [0.29, 0.717) is 24.3 Å². The van der Waals surface area contributed by atoms with Crippen molar-refractivity contribution in [1.29, 1.82) is 0 Å². The minimum absolute atomic E-state index is 0.508. The Morgan fingerprint density at radius 1 is 1.28 bits per heavy atom. The SMILES string of the molecule is COc1ncnc(OC)c1CNC(C)C1CCC1. The maximum atomic E-state index is 5.25. The van der Waals surface area contributed by atoms with Crippen molar-refractivity contribution >= 4 is 0 Å². The van der Waals surface area contributed by atoms with Gasteiger partial charge in [-0.05, 0) is 25.7 Å². The largest absolute Gasteiger partial charge is 0.481 e. The molecule has 0 spiro atoms. The molecule has 1 atom stereocenters. The Balaban J connectivity index is 2.02. The summed E-state index contributed by atoms with van der Waals surface area (Å²) >= 11 is 0. The quantitative estimate of drug-likeness (QED) is 0.835. The van der Waals surface area contributed by atoms with E-state index in [2.05, 4.69) is 22.2 Å². The molecule has 1 N–H and O–H groups in total. The van der Waals surface area contributed by atoms with Crippen LogP contribution in [0.4, 0.5) is 0 Å². The first kappa shape index (κ1) is 13.1. The summed E-state index contributed by atoms with van der Waals surface area (Å²) in [4.78, 5) is 8.22. The smallest absolute Gasteiger partial charge is 0.224 e. The Kier molecular flexibility index (Phi) is 4.36. The van der Waals surface area contributed by atoms with Crippen LogP contribution in [-0.4, -0.2) is 30.2 Å². The Hall–Kier alpha value is -1.36. The molecule has 0 bridgehead atoms. The van der Waals surface area contributed by atoms with Gasteiger partial charge in [-0.15, -0.1) is 0 Å². The van der Waals surface area contributed by atoms with Gasteiger partial charge < -0.3 is 14.8 Å². The fraction of sp³-hybridized carbons (Fsp3) is 0.692. The standard InChI is InChI=1S/C13H21N3O2/c1-9(10-5-4-6-10)14-7-11-12(17-2)15-8-16-13(11)18-3/h8-10,14H,4-7H2,1-3H3. The van der Waals surface area contributed by atoms with Crippen molar-refractivity contribution in [2.45, 2.75) is 38.8 Å². The predicted molar refractivity (Wildman–Crippen MR) is 68.8 cm³/mol. The van der Waals surface area contributed by atoms with Crippen LogP contribution in [0.15, 0.2) is 6.33 Å². The molecule has 0 aromatic carbocycles. The Bertz CT molecular complexity index is 372. The molecular formula is C13H21N3O2. The molecule has 0 saturated heterocycles. The fourth-order valence-corrected chi connectivity index (χ4v) is 2.25. The van der Waals surface area contributed by atoms with E-state index in [1.807, 2.05) is 0 Å². The molecule has 1 aliphatic carbocycles. The van der Waals surface area contributed by atoms with Gasteiger partial charge in [-0.3, -0.25) is 0 Å². The highest BCUT2D eigenvalue weighted by Crippen LogP contribution is 2.30. The first-order chi connectivity index (χ1) is 8.76. The van der Waals surface area contributed by atoms with Crippen LogP contribution in [-0.2, 0) is 6.54 Å². The lowest BCUT2D eigenvalue weighted by atomic mass is 9.80. The van der Waals surface area contributed by atoms with Crippen molar-refractivity contribution in [2.75, 3.05) is 14.2 Å². The van der Waals surface area contributed by atoms with E-state index in [0.717, 1.165) is 11.5 Å². The van der Waals surface area contributed by atoms with E-state index in [1.165, 1.54) is 25.6 Å². The van der Waals surface area contributed by atoms with Crippen molar-refractivity contribution in [3.05, 3.63) is 11.9 Å². The zero-order chi connectivity index (χ0) is 13.0. The minimum atomic E-state index is 0.508. The molecule has 1 aliphatic rings. The molecule has 0 amide bonds. The van der Waals surface area contributed by atoms with Gasteiger partial charge in [0, 0.05) is 12.6 Å². The van der Waals surface area contributed by atoms with Gasteiger partial charge in [0.05, 0.1) is 19.8 Å². The van der Waals surface area contributed by atoms with E-state index >= 15 is 0 Å². The third-order valence-corrected chi connectivity index (χ3v) is 3.71. The second kappa shape index (κ2) is 6.00. The van der Waals surface area contributed by atoms with E-state index in [4.69, 9.17) is 9.47 Å². The highest BCUT2D eigenvalue weighted by Gasteiger charge is 2.24. The number of aromatic nitrogens is 2. The van der Waals surface area contributed by atoms with Crippen LogP contribution in [0, 0.1) is 5.92 Å². The molecule has 5 heteroatoms. The van der Waals surface area contributed by atoms with E-state index in [9.17, 15) is 0 Å². The van der Waals surface area contributed by atoms with Crippen molar-refractivity contribution in [2.24, 2.45) is 5.92 Å². The molecule has 1 aromatic rings. The van der Waals surface area contributed by atoms with E-state index in [-0.39, 0.29) is 0 Å². The Morgan fingerprint density at radius 3 is 2.33 bits per heavy atom. The average molecular weight is 251 g/mol. The van der Waals surface area contributed by atoms with Gasteiger partial charge >= 0.3 is 0 Å². The van der Waals surface area contributed by atoms with Gasteiger partial charge in [0.25, 0.3) is 0 Å². The summed E-state index contributed by atoms with van der Waals surface area (Å²) in [6.07, 6.45) is 5.47. The van der Waals surface area contributed by atoms with Crippen molar-refractivity contribution < 1.29 is 9.47 Å². The zero-order valence-corrected chi connectivity index (χ0v) is 11.3. The normalized spacial score (nSPS) is 17.1. The molecule has 1 heterocycles. The van der Waals surface area contributed by atoms with Gasteiger partial charge in [0.1, 0.15) is 6.33 Å². The lowest BCUT2D eigenvalue weighted by molar-refractivity contribution is 0.238. The summed E-state index contributed by atoms with van der Waals surface area (Å²) < 4.78 is 10.5. The Morgan fingerprint density at radius 2 is 1.89 bits per heavy atom. The van der Waals surface area contributed by atoms with Crippen LogP contribution >= 0.6 is 0 Å². The lowest BCUT2D eigenvalue weighted by Crippen LogP contribution is -2.36. The predicted octanol–water partition coefficient (Wildman–Crippen LogP) is 1.77. The molecular weight excluding hydrogens is 230 g/mol. The monoisotopic (exact) mass is 251 g/mol. The van der Waals surface area contributed by atoms with Crippen molar-refractivity contribution in [3.8, 4) is 11.8 Å². The summed E-state index contributed by atoms with van der Waals surface area (Å²) in [6, 6.07) is 0.508. The summed E-state index contributed by atoms with van der Waals surface area (Å²) in [5, 5.41) is 3.51. The van der Waals surface area contributed by atoms with Crippen LogP contribution in [0.1, 0.15) is 31.7 Å². The summed E-state index contributed by atoms with van der Waals surface area (Å²) in [7, 11) is 3.22. The molecule has 18 heavy (non-hydrogen) atoms. The molecule has 1 saturated carbocycles. The molecule has 5 nitrogen and oxygen atoms in total. The summed E-state index contributed by atoms with van der Waals surface area (Å²) in [5.74, 6) is 1.96. The van der Waals surface area contributed by atoms with Gasteiger partial charge in [-0.2, -0.15) is 0 Å². The number of hydrogen-bond acceptors (Lipinski definition) is 5. The highest BCUT2D eigenvalue weighted by atomic mass is 16.5. The molecule has 1 unspecified atom stereocenters. The molecule has 0 radical (unpaired) electrons. The summed E-state index contributed by atoms with van der Waals surface area (Å²) in [6.45, 7) is 2.90. The maximum Gasteiger partial charge on any atom is 0.224 e. The first-order valence-corrected chi connectivity index (χ1v) is 6.41. The van der Waals surface area contributed by atoms with E-state index < -0.39 is 0 Å². The maximum absolute atomic E-state index is 5.25. The molecule has 1 aromatic heterocycles. The molecule has 2 rings (SSSR count). The van der Waals surface area contributed by atoms with E-state index in [1.54, 1.807) is 14.2 Å². The number of methoxy groups -OCH3 is 2. The van der Waals surface area contributed by atoms with Crippen molar-refractivity contribution in [3.63, 3.8) is 0 Å². The number of ether oxygens (including phenoxy) is 2. The Labute approximate surface area is 108 Å². The second-order valence-corrected chi connectivity index (χ2v) is 4.73. The number of nitrogens with one attached hydrogen (secondary N) is 1. The topological polar surface area (TPSA) is 56.3 Å². The van der Waals surface area contributed by atoms with Crippen LogP contribution in [0.3, 0.4) is 0 Å². The van der Waals surface area contributed by atoms with Crippen LogP contribution in [0.25, 0.3) is 0 Å². The van der Waals surface area contributed by atoms with Crippen LogP contribution in [0.5, 0.6) is 11.8 Å². The third-order valence-electron chi connectivity index (χ3n) is 3.71. The number of hydrogen-bond donors (Lipinski definition) is 1. The highest BCUT2D eigenvalue weighted by molar-refractivity contribution is 5.34. The minimum Gasteiger partial charge on any atom is -0.481 e. The lowest BCUT2D eigenvalue weighted by Gasteiger charge is -2.32. The van der Waals surface area contributed by atoms with Gasteiger partial charge in [-0.25, -0.2) is 9.97 Å². The fourth-order valence-electron chi connectivity index (χ4n) is 2.25. The second-order valence-electron chi connectivity index (χ2n) is 4.73. The first-order valence-electron chi connectivity index (χ1n) is 6.41. The molecule has 100 valence electrons. The van der Waals surface area contributed by atoms with Crippen LogP contribution in [0.2, 0.25) is 0 Å². The molecule has 0 aliphatic heterocycles. The number of rotatable bonds is 6. The van der Waals surface area contributed by atoms with Gasteiger partial charge in [0.15, 0.2) is 0 Å².